The fourth-order valence-corrected chi connectivity index (χ4v) is 3.11. The van der Waals surface area contributed by atoms with Gasteiger partial charge in [0.1, 0.15) is 17.2 Å². The summed E-state index contributed by atoms with van der Waals surface area (Å²) in [7, 11) is 0. The van der Waals surface area contributed by atoms with Crippen LogP contribution in [0.25, 0.3) is 0 Å². The van der Waals surface area contributed by atoms with E-state index >= 15 is 0 Å². The first-order valence-corrected chi connectivity index (χ1v) is 12.0. The third kappa shape index (κ3) is 8.57. The van der Waals surface area contributed by atoms with Crippen molar-refractivity contribution >= 4 is 34.0 Å². The Bertz CT molecular complexity index is 1130. The Kier molecular flexibility index (Phi) is 9.86. The molecule has 0 saturated heterocycles. The number of rotatable bonds is 11. The van der Waals surface area contributed by atoms with Crippen molar-refractivity contribution in [2.75, 3.05) is 6.61 Å². The number of benzene rings is 3. The van der Waals surface area contributed by atoms with Gasteiger partial charge in [-0.25, -0.2) is 10.2 Å². The molecule has 0 aromatic heterocycles. The van der Waals surface area contributed by atoms with Crippen molar-refractivity contribution in [1.29, 1.82) is 0 Å². The van der Waals surface area contributed by atoms with E-state index in [1.165, 1.54) is 6.21 Å². The standard InChI is InChI=1S/C27H27BrN2O5/c1-3-4-17-33-23-13-7-21(8-14-23)27(32)35-25-11-5-20(6-12-25)18-29-30-26(31)19(2)34-24-15-9-22(28)10-16-24/h5-16,18-19H,3-4,17H2,1-2H3,(H,30,31). The van der Waals surface area contributed by atoms with Crippen LogP contribution < -0.4 is 19.6 Å². The number of hydrazone groups is 1. The minimum atomic E-state index is -0.716. The number of hydrogen-bond donors (Lipinski definition) is 1. The Morgan fingerprint density at radius 3 is 2.23 bits per heavy atom. The van der Waals surface area contributed by atoms with E-state index in [0.717, 1.165) is 28.6 Å². The molecule has 3 aromatic carbocycles. The molecule has 0 aliphatic heterocycles. The summed E-state index contributed by atoms with van der Waals surface area (Å²) >= 11 is 3.35. The van der Waals surface area contributed by atoms with Crippen LogP contribution in [0.15, 0.2) is 82.4 Å². The molecule has 0 radical (unpaired) electrons. The van der Waals surface area contributed by atoms with E-state index in [0.29, 0.717) is 23.7 Å². The van der Waals surface area contributed by atoms with E-state index in [4.69, 9.17) is 14.2 Å². The van der Waals surface area contributed by atoms with Gasteiger partial charge in [-0.15, -0.1) is 0 Å². The van der Waals surface area contributed by atoms with E-state index in [2.05, 4.69) is 33.4 Å². The molecule has 8 heteroatoms. The van der Waals surface area contributed by atoms with Gasteiger partial charge in [0.05, 0.1) is 18.4 Å². The molecule has 182 valence electrons. The zero-order valence-corrected chi connectivity index (χ0v) is 21.2. The number of ether oxygens (including phenoxy) is 3. The van der Waals surface area contributed by atoms with Crippen molar-refractivity contribution < 1.29 is 23.8 Å². The van der Waals surface area contributed by atoms with Gasteiger partial charge in [0.25, 0.3) is 5.91 Å². The van der Waals surface area contributed by atoms with Crippen LogP contribution in [0.1, 0.15) is 42.6 Å². The zero-order valence-electron chi connectivity index (χ0n) is 19.6. The minimum Gasteiger partial charge on any atom is -0.494 e. The summed E-state index contributed by atoms with van der Waals surface area (Å²) in [6, 6.07) is 20.8. The second-order valence-corrected chi connectivity index (χ2v) is 8.55. The maximum absolute atomic E-state index is 12.4. The Morgan fingerprint density at radius 2 is 1.57 bits per heavy atom. The first kappa shape index (κ1) is 26.0. The van der Waals surface area contributed by atoms with Gasteiger partial charge < -0.3 is 14.2 Å². The van der Waals surface area contributed by atoms with Crippen LogP contribution in [-0.2, 0) is 4.79 Å². The highest BCUT2D eigenvalue weighted by Gasteiger charge is 2.14. The normalized spacial score (nSPS) is 11.6. The predicted molar refractivity (Wildman–Crippen MR) is 138 cm³/mol. The third-order valence-electron chi connectivity index (χ3n) is 4.83. The quantitative estimate of drug-likeness (QED) is 0.110. The molecule has 3 aromatic rings. The maximum atomic E-state index is 12.4. The van der Waals surface area contributed by atoms with E-state index in [1.807, 2.05) is 12.1 Å². The van der Waals surface area contributed by atoms with Crippen LogP contribution in [0.5, 0.6) is 17.2 Å². The largest absolute Gasteiger partial charge is 0.494 e. The average molecular weight is 539 g/mol. The molecule has 1 N–H and O–H groups in total. The molecule has 0 bridgehead atoms. The topological polar surface area (TPSA) is 86.2 Å². The molecule has 0 saturated carbocycles. The first-order valence-electron chi connectivity index (χ1n) is 11.2. The molecule has 0 heterocycles. The molecule has 0 spiro atoms. The molecule has 0 aliphatic carbocycles. The summed E-state index contributed by atoms with van der Waals surface area (Å²) in [5, 5.41) is 3.96. The van der Waals surface area contributed by atoms with Crippen molar-refractivity contribution in [2.45, 2.75) is 32.8 Å². The Morgan fingerprint density at radius 1 is 0.943 bits per heavy atom. The van der Waals surface area contributed by atoms with E-state index < -0.39 is 12.1 Å². The maximum Gasteiger partial charge on any atom is 0.343 e. The van der Waals surface area contributed by atoms with Crippen molar-refractivity contribution in [3.05, 3.63) is 88.4 Å². The molecule has 0 fully saturated rings. The fourth-order valence-electron chi connectivity index (χ4n) is 2.84. The zero-order chi connectivity index (χ0) is 25.0. The summed E-state index contributed by atoms with van der Waals surface area (Å²) in [4.78, 5) is 24.6. The van der Waals surface area contributed by atoms with Gasteiger partial charge in [-0.2, -0.15) is 5.10 Å². The summed E-state index contributed by atoms with van der Waals surface area (Å²) < 4.78 is 17.5. The number of nitrogens with zero attached hydrogens (tertiary/aromatic N) is 1. The van der Waals surface area contributed by atoms with E-state index in [1.54, 1.807) is 67.6 Å². The van der Waals surface area contributed by atoms with Crippen LogP contribution in [-0.4, -0.2) is 30.8 Å². The molecular weight excluding hydrogens is 512 g/mol. The SMILES string of the molecule is CCCCOc1ccc(C(=O)Oc2ccc(C=NNC(=O)C(C)Oc3ccc(Br)cc3)cc2)cc1. The third-order valence-corrected chi connectivity index (χ3v) is 5.36. The lowest BCUT2D eigenvalue weighted by molar-refractivity contribution is -0.127. The number of amides is 1. The first-order chi connectivity index (χ1) is 16.9. The molecule has 7 nitrogen and oxygen atoms in total. The van der Waals surface area contributed by atoms with Crippen LogP contribution >= 0.6 is 15.9 Å². The molecular formula is C27H27BrN2O5. The number of esters is 1. The lowest BCUT2D eigenvalue weighted by Crippen LogP contribution is -2.33. The number of nitrogens with one attached hydrogen (secondary N) is 1. The Labute approximate surface area is 213 Å². The van der Waals surface area contributed by atoms with Gasteiger partial charge in [0.2, 0.25) is 0 Å². The molecule has 1 unspecified atom stereocenters. The molecule has 3 rings (SSSR count). The van der Waals surface area contributed by atoms with Crippen LogP contribution in [0.3, 0.4) is 0 Å². The lowest BCUT2D eigenvalue weighted by atomic mass is 10.2. The van der Waals surface area contributed by atoms with E-state index in [-0.39, 0.29) is 5.91 Å². The van der Waals surface area contributed by atoms with Crippen LogP contribution in [0.4, 0.5) is 0 Å². The van der Waals surface area contributed by atoms with Crippen molar-refractivity contribution in [2.24, 2.45) is 5.10 Å². The Balaban J connectivity index is 1.46. The average Bonchev–Trinajstić information content (AvgIpc) is 2.87. The summed E-state index contributed by atoms with van der Waals surface area (Å²) in [5.74, 6) is 0.868. The summed E-state index contributed by atoms with van der Waals surface area (Å²) in [6.45, 7) is 4.39. The smallest absolute Gasteiger partial charge is 0.343 e. The monoisotopic (exact) mass is 538 g/mol. The van der Waals surface area contributed by atoms with E-state index in [9.17, 15) is 9.59 Å². The molecule has 0 aliphatic rings. The lowest BCUT2D eigenvalue weighted by Gasteiger charge is -2.12. The van der Waals surface area contributed by atoms with Gasteiger partial charge in [0, 0.05) is 4.47 Å². The highest BCUT2D eigenvalue weighted by atomic mass is 79.9. The predicted octanol–water partition coefficient (Wildman–Crippen LogP) is 5.76. The highest BCUT2D eigenvalue weighted by molar-refractivity contribution is 9.10. The number of halogens is 1. The minimum absolute atomic E-state index is 0.378. The van der Waals surface area contributed by atoms with Gasteiger partial charge >= 0.3 is 5.97 Å². The Hall–Kier alpha value is -3.65. The van der Waals surface area contributed by atoms with Crippen molar-refractivity contribution in [3.8, 4) is 17.2 Å². The number of carbonyl (C=O) groups excluding carboxylic acids is 2. The van der Waals surface area contributed by atoms with Gasteiger partial charge in [0.15, 0.2) is 6.10 Å². The fraction of sp³-hybridized carbons (Fsp3) is 0.222. The summed E-state index contributed by atoms with van der Waals surface area (Å²) in [5.41, 5.74) is 3.61. The van der Waals surface area contributed by atoms with Crippen LogP contribution in [0.2, 0.25) is 0 Å². The van der Waals surface area contributed by atoms with Crippen LogP contribution in [0, 0.1) is 0 Å². The van der Waals surface area contributed by atoms with Gasteiger partial charge in [-0.05, 0) is 91.7 Å². The number of unbranched alkanes of at least 4 members (excludes halogenated alkanes) is 1. The van der Waals surface area contributed by atoms with Gasteiger partial charge in [-0.3, -0.25) is 4.79 Å². The second kappa shape index (κ2) is 13.3. The highest BCUT2D eigenvalue weighted by Crippen LogP contribution is 2.18. The molecule has 1 amide bonds. The summed E-state index contributed by atoms with van der Waals surface area (Å²) in [6.07, 6.45) is 2.82. The molecule has 1 atom stereocenters. The number of carbonyl (C=O) groups is 2. The van der Waals surface area contributed by atoms with Crippen molar-refractivity contribution in [3.63, 3.8) is 0 Å². The number of hydrogen-bond acceptors (Lipinski definition) is 6. The second-order valence-electron chi connectivity index (χ2n) is 7.63. The van der Waals surface area contributed by atoms with Gasteiger partial charge in [-0.1, -0.05) is 29.3 Å². The van der Waals surface area contributed by atoms with Crippen molar-refractivity contribution in [1.82, 2.24) is 5.43 Å². The molecule has 35 heavy (non-hydrogen) atoms.